The number of hydrogen-bond acceptors (Lipinski definition) is 7. The van der Waals surface area contributed by atoms with E-state index in [1.54, 1.807) is 18.2 Å². The number of nitrogen functional groups attached to an aromatic ring is 1. The van der Waals surface area contributed by atoms with E-state index in [2.05, 4.69) is 31.8 Å². The van der Waals surface area contributed by atoms with E-state index in [0.717, 1.165) is 26.2 Å². The molecule has 1 aliphatic heterocycles. The van der Waals surface area contributed by atoms with Crippen LogP contribution in [0.4, 0.5) is 11.9 Å². The fourth-order valence-electron chi connectivity index (χ4n) is 2.77. The summed E-state index contributed by atoms with van der Waals surface area (Å²) in [5.41, 5.74) is 5.93. The number of benzene rings is 1. The molecular weight excluding hydrogens is 375 g/mol. The molecule has 0 spiro atoms. The number of halogens is 2. The first-order chi connectivity index (χ1) is 12.4. The second-order valence-electron chi connectivity index (χ2n) is 6.26. The molecular formula is C17H22Cl2N6O. The number of ether oxygens (including phenoxy) is 1. The smallest absolute Gasteiger partial charge is 0.230 e. The summed E-state index contributed by atoms with van der Waals surface area (Å²) in [5, 5.41) is 1.02. The van der Waals surface area contributed by atoms with Gasteiger partial charge in [0.1, 0.15) is 5.75 Å². The summed E-state index contributed by atoms with van der Waals surface area (Å²) < 4.78 is 6.02. The largest absolute Gasteiger partial charge is 0.482 e. The highest BCUT2D eigenvalue weighted by Gasteiger charge is 2.22. The van der Waals surface area contributed by atoms with Crippen LogP contribution in [0.25, 0.3) is 0 Å². The maximum atomic E-state index is 6.05. The molecule has 2 heterocycles. The monoisotopic (exact) mass is 396 g/mol. The van der Waals surface area contributed by atoms with Gasteiger partial charge in [0.25, 0.3) is 0 Å². The van der Waals surface area contributed by atoms with Gasteiger partial charge in [0.05, 0.1) is 0 Å². The topological polar surface area (TPSA) is 80.4 Å². The third-order valence-electron chi connectivity index (χ3n) is 4.22. The fourth-order valence-corrected chi connectivity index (χ4v) is 3.27. The normalized spacial score (nSPS) is 16.5. The van der Waals surface area contributed by atoms with Crippen molar-refractivity contribution in [2.24, 2.45) is 0 Å². The van der Waals surface area contributed by atoms with Gasteiger partial charge < -0.3 is 20.3 Å². The highest BCUT2D eigenvalue weighted by atomic mass is 35.5. The maximum Gasteiger partial charge on any atom is 0.230 e. The zero-order valence-corrected chi connectivity index (χ0v) is 16.3. The van der Waals surface area contributed by atoms with E-state index < -0.39 is 0 Å². The Balaban J connectivity index is 1.83. The van der Waals surface area contributed by atoms with Crippen molar-refractivity contribution in [3.05, 3.63) is 34.1 Å². The molecule has 0 aliphatic carbocycles. The number of piperazine rings is 1. The van der Waals surface area contributed by atoms with Gasteiger partial charge in [0.15, 0.2) is 11.9 Å². The molecule has 1 aromatic carbocycles. The third kappa shape index (κ3) is 4.66. The molecule has 9 heteroatoms. The molecule has 0 saturated carbocycles. The number of anilines is 2. The quantitative estimate of drug-likeness (QED) is 0.831. The predicted molar refractivity (Wildman–Crippen MR) is 104 cm³/mol. The second kappa shape index (κ2) is 8.24. The van der Waals surface area contributed by atoms with Gasteiger partial charge in [-0.05, 0) is 31.7 Å². The van der Waals surface area contributed by atoms with Gasteiger partial charge >= 0.3 is 0 Å². The maximum absolute atomic E-state index is 6.05. The summed E-state index contributed by atoms with van der Waals surface area (Å²) in [6.07, 6.45) is 0.288. The molecule has 2 aromatic rings. The summed E-state index contributed by atoms with van der Waals surface area (Å²) in [6.45, 7) is 5.60. The number of nitrogens with two attached hydrogens (primary N) is 1. The molecule has 26 heavy (non-hydrogen) atoms. The molecule has 1 aliphatic rings. The summed E-state index contributed by atoms with van der Waals surface area (Å²) in [4.78, 5) is 17.6. The lowest BCUT2D eigenvalue weighted by Gasteiger charge is -2.32. The first-order valence-electron chi connectivity index (χ1n) is 8.52. The van der Waals surface area contributed by atoms with Gasteiger partial charge in [0.2, 0.25) is 11.9 Å². The van der Waals surface area contributed by atoms with Gasteiger partial charge in [-0.3, -0.25) is 0 Å². The summed E-state index contributed by atoms with van der Waals surface area (Å²) in [6, 6.07) is 5.08. The van der Waals surface area contributed by atoms with Crippen LogP contribution in [-0.2, 0) is 0 Å². The van der Waals surface area contributed by atoms with Crippen molar-refractivity contribution < 1.29 is 4.74 Å². The molecule has 7 nitrogen and oxygen atoms in total. The molecule has 2 N–H and O–H groups in total. The number of hydrogen-bond donors (Lipinski definition) is 1. The van der Waals surface area contributed by atoms with Crippen LogP contribution in [0.3, 0.4) is 0 Å². The minimum Gasteiger partial charge on any atom is -0.482 e. The Morgan fingerprint density at radius 2 is 1.73 bits per heavy atom. The van der Waals surface area contributed by atoms with Crippen molar-refractivity contribution >= 4 is 35.1 Å². The highest BCUT2D eigenvalue weighted by molar-refractivity contribution is 6.34. The van der Waals surface area contributed by atoms with Crippen molar-refractivity contribution in [1.29, 1.82) is 0 Å². The molecule has 1 atom stereocenters. The molecule has 1 aromatic heterocycles. The lowest BCUT2D eigenvalue weighted by Crippen LogP contribution is -2.45. The molecule has 1 saturated heterocycles. The van der Waals surface area contributed by atoms with E-state index >= 15 is 0 Å². The molecule has 1 unspecified atom stereocenters. The van der Waals surface area contributed by atoms with Crippen molar-refractivity contribution in [1.82, 2.24) is 19.9 Å². The van der Waals surface area contributed by atoms with E-state index in [1.807, 2.05) is 6.92 Å². The average molecular weight is 397 g/mol. The molecule has 1 fully saturated rings. The third-order valence-corrected chi connectivity index (χ3v) is 4.65. The summed E-state index contributed by atoms with van der Waals surface area (Å²) in [5.74, 6) is 1.85. The van der Waals surface area contributed by atoms with Gasteiger partial charge in [-0.15, -0.1) is 0 Å². The molecule has 3 rings (SSSR count). The van der Waals surface area contributed by atoms with Crippen LogP contribution >= 0.6 is 23.2 Å². The van der Waals surface area contributed by atoms with Crippen molar-refractivity contribution in [3.8, 4) is 5.75 Å². The molecule has 0 bridgehead atoms. The van der Waals surface area contributed by atoms with Crippen molar-refractivity contribution in [2.45, 2.75) is 19.4 Å². The van der Waals surface area contributed by atoms with Crippen LogP contribution < -0.4 is 15.4 Å². The van der Waals surface area contributed by atoms with Crippen LogP contribution in [0.15, 0.2) is 18.2 Å². The first-order valence-corrected chi connectivity index (χ1v) is 9.28. The van der Waals surface area contributed by atoms with Crippen LogP contribution in [0.2, 0.25) is 10.0 Å². The average Bonchev–Trinajstić information content (AvgIpc) is 2.59. The summed E-state index contributed by atoms with van der Waals surface area (Å²) >= 11 is 12.1. The Bertz CT molecular complexity index is 747. The molecule has 0 radical (unpaired) electrons. The highest BCUT2D eigenvalue weighted by Crippen LogP contribution is 2.29. The zero-order valence-electron chi connectivity index (χ0n) is 14.8. The predicted octanol–water partition coefficient (Wildman–Crippen LogP) is 3.04. The van der Waals surface area contributed by atoms with Crippen molar-refractivity contribution in [2.75, 3.05) is 43.9 Å². The van der Waals surface area contributed by atoms with Gasteiger partial charge in [-0.1, -0.05) is 30.1 Å². The van der Waals surface area contributed by atoms with E-state index in [0.29, 0.717) is 34.0 Å². The van der Waals surface area contributed by atoms with Gasteiger partial charge in [0, 0.05) is 36.2 Å². The number of nitrogens with zero attached hydrogens (tertiary/aromatic N) is 5. The second-order valence-corrected chi connectivity index (χ2v) is 7.13. The van der Waals surface area contributed by atoms with E-state index in [4.69, 9.17) is 33.7 Å². The minimum absolute atomic E-state index is 0.190. The van der Waals surface area contributed by atoms with E-state index in [-0.39, 0.29) is 12.1 Å². The molecule has 140 valence electrons. The van der Waals surface area contributed by atoms with Crippen LogP contribution in [0.5, 0.6) is 5.75 Å². The number of likely N-dealkylation sites (N-methyl/N-ethyl adjacent to an activating group) is 1. The van der Waals surface area contributed by atoms with Crippen LogP contribution in [-0.4, -0.2) is 53.1 Å². The Morgan fingerprint density at radius 1 is 1.08 bits per heavy atom. The lowest BCUT2D eigenvalue weighted by molar-refractivity contribution is 0.191. The lowest BCUT2D eigenvalue weighted by atomic mass is 10.2. The Labute approximate surface area is 163 Å². The van der Waals surface area contributed by atoms with Crippen LogP contribution in [0.1, 0.15) is 25.3 Å². The zero-order chi connectivity index (χ0) is 18.7. The van der Waals surface area contributed by atoms with E-state index in [1.165, 1.54) is 0 Å². The minimum atomic E-state index is -0.374. The fraction of sp³-hybridized carbons (Fsp3) is 0.471. The van der Waals surface area contributed by atoms with Crippen LogP contribution in [0, 0.1) is 0 Å². The Kier molecular flexibility index (Phi) is 6.01. The van der Waals surface area contributed by atoms with E-state index in [9.17, 15) is 0 Å². The molecule has 0 amide bonds. The number of aromatic nitrogens is 3. The van der Waals surface area contributed by atoms with Gasteiger partial charge in [-0.25, -0.2) is 0 Å². The Hall–Kier alpha value is -1.83. The summed E-state index contributed by atoms with van der Waals surface area (Å²) in [7, 11) is 2.10. The standard InChI is InChI=1S/C17H22Cl2N6O/c1-3-14(26-13-9-11(18)8-12(19)10-13)15-21-16(20)23-17(22-15)25-6-4-24(2)5-7-25/h8-10,14H,3-7H2,1-2H3,(H2,20,21,22,23). The SMILES string of the molecule is CCC(Oc1cc(Cl)cc(Cl)c1)c1nc(N)nc(N2CCN(C)CC2)n1. The van der Waals surface area contributed by atoms with Gasteiger partial charge in [-0.2, -0.15) is 15.0 Å². The number of rotatable bonds is 5. The Morgan fingerprint density at radius 3 is 2.35 bits per heavy atom. The van der Waals surface area contributed by atoms with Crippen molar-refractivity contribution in [3.63, 3.8) is 0 Å². The first kappa shape index (κ1) is 18.9.